The van der Waals surface area contributed by atoms with Crippen LogP contribution in [-0.4, -0.2) is 35.2 Å². The van der Waals surface area contributed by atoms with Gasteiger partial charge in [-0.3, -0.25) is 20.1 Å². The molecule has 0 spiro atoms. The van der Waals surface area contributed by atoms with E-state index >= 15 is 0 Å². The maximum atomic E-state index is 12.9. The van der Waals surface area contributed by atoms with Crippen LogP contribution in [0.4, 0.5) is 16.3 Å². The van der Waals surface area contributed by atoms with Gasteiger partial charge < -0.3 is 9.84 Å². The van der Waals surface area contributed by atoms with Crippen molar-refractivity contribution in [3.05, 3.63) is 113 Å². The predicted octanol–water partition coefficient (Wildman–Crippen LogP) is 6.76. The van der Waals surface area contributed by atoms with E-state index in [0.717, 1.165) is 22.4 Å². The average Bonchev–Trinajstić information content (AvgIpc) is 3.42. The quantitative estimate of drug-likeness (QED) is 0.182. The molecule has 0 aliphatic heterocycles. The van der Waals surface area contributed by atoms with Crippen molar-refractivity contribution >= 4 is 35.1 Å². The Morgan fingerprint density at radius 2 is 1.68 bits per heavy atom. The number of carbonyl (C=O) groups is 2. The second kappa shape index (κ2) is 12.8. The zero-order chi connectivity index (χ0) is 28.5. The Morgan fingerprint density at radius 1 is 0.950 bits per heavy atom. The summed E-state index contributed by atoms with van der Waals surface area (Å²) >= 11 is 0. The zero-order valence-corrected chi connectivity index (χ0v) is 23.1. The lowest BCUT2D eigenvalue weighted by Crippen LogP contribution is -2.19. The molecule has 2 aromatic heterocycles. The molecule has 0 unspecified atom stereocenters. The van der Waals surface area contributed by atoms with Crippen LogP contribution in [0.2, 0.25) is 0 Å². The number of allylic oxidation sites excluding steroid dienone is 2. The number of rotatable bonds is 9. The van der Waals surface area contributed by atoms with Gasteiger partial charge in [0, 0.05) is 54.2 Å². The highest BCUT2D eigenvalue weighted by molar-refractivity contribution is 6.09. The topological polar surface area (TPSA) is 109 Å². The summed E-state index contributed by atoms with van der Waals surface area (Å²) in [6.45, 7) is 6.00. The van der Waals surface area contributed by atoms with E-state index in [-0.39, 0.29) is 17.6 Å². The highest BCUT2D eigenvalue weighted by Gasteiger charge is 2.20. The van der Waals surface area contributed by atoms with Crippen LogP contribution in [0, 0.1) is 0 Å². The molecule has 8 nitrogen and oxygen atoms in total. The molecule has 4 aromatic rings. The number of hydrogen-bond acceptors (Lipinski definition) is 6. The van der Waals surface area contributed by atoms with Gasteiger partial charge in [-0.05, 0) is 41.8 Å². The number of aliphatic imine (C=N–C) groups is 1. The van der Waals surface area contributed by atoms with Crippen molar-refractivity contribution in [2.75, 3.05) is 17.7 Å². The lowest BCUT2D eigenvalue weighted by Gasteiger charge is -2.12. The number of Topliss-reactive ketones (excluding diaryl/α,β-unsaturated/α-hetero) is 1. The number of nitrogens with zero attached hydrogens (tertiary/aromatic N) is 3. The molecular weight excluding hydrogens is 502 g/mol. The molecule has 0 aliphatic rings. The van der Waals surface area contributed by atoms with E-state index in [1.807, 2.05) is 75.4 Å². The van der Waals surface area contributed by atoms with Crippen LogP contribution in [0.3, 0.4) is 0 Å². The molecule has 0 atom stereocenters. The number of anilines is 2. The summed E-state index contributed by atoms with van der Waals surface area (Å²) in [4.78, 5) is 33.7. The minimum Gasteiger partial charge on any atom is -0.359 e. The summed E-state index contributed by atoms with van der Waals surface area (Å²) in [6, 6.07) is 21.9. The van der Waals surface area contributed by atoms with Crippen LogP contribution in [0.25, 0.3) is 5.57 Å². The van der Waals surface area contributed by atoms with Gasteiger partial charge in [-0.2, -0.15) is 0 Å². The highest BCUT2D eigenvalue weighted by Crippen LogP contribution is 2.24. The van der Waals surface area contributed by atoms with Gasteiger partial charge in [0.2, 0.25) is 0 Å². The van der Waals surface area contributed by atoms with Crippen molar-refractivity contribution in [2.24, 2.45) is 4.99 Å². The number of urea groups is 1. The van der Waals surface area contributed by atoms with Gasteiger partial charge in [0.1, 0.15) is 5.76 Å². The Labute approximate surface area is 234 Å². The smallest absolute Gasteiger partial charge is 0.324 e. The number of pyridine rings is 1. The molecule has 0 fully saturated rings. The molecule has 0 saturated carbocycles. The normalized spacial score (nSPS) is 11.9. The van der Waals surface area contributed by atoms with Gasteiger partial charge in [0.05, 0.1) is 5.69 Å². The summed E-state index contributed by atoms with van der Waals surface area (Å²) in [7, 11) is 1.74. The third-order valence-corrected chi connectivity index (χ3v) is 6.13. The standard InChI is InChI=1S/C32H33N5O3/c1-32(2,3)29-20-30(37-40-29)36-31(39)35-26-16-11-23(12-17-26)19-28(38)24-13-8-22(9-14-24)10-15-25(21-33-4)27-7-5-6-18-34-27/h5-9,11-18,20-21H,10,19H2,1-4H3,(H2,35,36,37,39)/b25-15+,33-21?. The Bertz CT molecular complexity index is 1500. The van der Waals surface area contributed by atoms with Crippen molar-refractivity contribution in [3.8, 4) is 0 Å². The first-order valence-electron chi connectivity index (χ1n) is 13.0. The van der Waals surface area contributed by atoms with Crippen LogP contribution in [-0.2, 0) is 18.3 Å². The number of nitrogens with one attached hydrogen (secondary N) is 2. The monoisotopic (exact) mass is 535 g/mol. The number of carbonyl (C=O) groups excluding carboxylic acids is 2. The first-order chi connectivity index (χ1) is 19.2. The van der Waals surface area contributed by atoms with Crippen LogP contribution in [0.5, 0.6) is 0 Å². The number of aromatic nitrogens is 2. The second-order valence-electron chi connectivity index (χ2n) is 10.4. The molecule has 8 heteroatoms. The number of benzene rings is 2. The fourth-order valence-corrected chi connectivity index (χ4v) is 3.91. The van der Waals surface area contributed by atoms with Crippen molar-refractivity contribution in [3.63, 3.8) is 0 Å². The Morgan fingerprint density at radius 3 is 2.30 bits per heavy atom. The number of ketones is 1. The van der Waals surface area contributed by atoms with Crippen LogP contribution >= 0.6 is 0 Å². The van der Waals surface area contributed by atoms with Gasteiger partial charge in [-0.15, -0.1) is 0 Å². The molecule has 2 aromatic carbocycles. The summed E-state index contributed by atoms with van der Waals surface area (Å²) in [6.07, 6.45) is 6.60. The van der Waals surface area contributed by atoms with E-state index in [4.69, 9.17) is 4.52 Å². The molecule has 2 amide bonds. The summed E-state index contributed by atoms with van der Waals surface area (Å²) < 4.78 is 5.29. The maximum absolute atomic E-state index is 12.9. The number of hydrogen-bond donors (Lipinski definition) is 2. The average molecular weight is 536 g/mol. The Hall–Kier alpha value is -4.85. The van der Waals surface area contributed by atoms with Gasteiger partial charge in [0.25, 0.3) is 0 Å². The van der Waals surface area contributed by atoms with E-state index in [9.17, 15) is 9.59 Å². The summed E-state index contributed by atoms with van der Waals surface area (Å²) in [5.74, 6) is 1.05. The lowest BCUT2D eigenvalue weighted by atomic mass is 9.93. The molecule has 0 aliphatic carbocycles. The van der Waals surface area contributed by atoms with Crippen molar-refractivity contribution in [1.82, 2.24) is 10.1 Å². The molecule has 40 heavy (non-hydrogen) atoms. The Kier molecular flexibility index (Phi) is 9.01. The van der Waals surface area contributed by atoms with E-state index in [0.29, 0.717) is 29.2 Å². The van der Waals surface area contributed by atoms with Crippen LogP contribution < -0.4 is 10.6 Å². The minimum absolute atomic E-state index is 0.0218. The summed E-state index contributed by atoms with van der Waals surface area (Å²) in [5.41, 5.74) is 4.81. The third kappa shape index (κ3) is 7.83. The maximum Gasteiger partial charge on any atom is 0.324 e. The van der Waals surface area contributed by atoms with Gasteiger partial charge in [-0.1, -0.05) is 74.5 Å². The van der Waals surface area contributed by atoms with E-state index < -0.39 is 6.03 Å². The first-order valence-corrected chi connectivity index (χ1v) is 13.0. The van der Waals surface area contributed by atoms with E-state index in [2.05, 4.69) is 31.8 Å². The van der Waals surface area contributed by atoms with E-state index in [1.54, 1.807) is 37.7 Å². The van der Waals surface area contributed by atoms with Crippen LogP contribution in [0.15, 0.2) is 94.6 Å². The van der Waals surface area contributed by atoms with E-state index in [1.165, 1.54) is 0 Å². The van der Waals surface area contributed by atoms with Crippen molar-refractivity contribution in [1.29, 1.82) is 0 Å². The van der Waals surface area contributed by atoms with Crippen molar-refractivity contribution in [2.45, 2.75) is 39.0 Å². The van der Waals surface area contributed by atoms with Gasteiger partial charge in [0.15, 0.2) is 11.6 Å². The molecule has 4 rings (SSSR count). The van der Waals surface area contributed by atoms with Crippen LogP contribution in [0.1, 0.15) is 53.7 Å². The first kappa shape index (κ1) is 28.2. The molecule has 0 saturated heterocycles. The lowest BCUT2D eigenvalue weighted by molar-refractivity contribution is 0.0993. The molecule has 0 radical (unpaired) electrons. The number of amides is 2. The fourth-order valence-electron chi connectivity index (χ4n) is 3.91. The second-order valence-corrected chi connectivity index (χ2v) is 10.4. The predicted molar refractivity (Wildman–Crippen MR) is 159 cm³/mol. The summed E-state index contributed by atoms with van der Waals surface area (Å²) in [5, 5.41) is 9.31. The molecule has 2 N–H and O–H groups in total. The fraction of sp³-hybridized carbons (Fsp3) is 0.219. The Balaban J connectivity index is 1.30. The minimum atomic E-state index is -0.429. The molecule has 0 bridgehead atoms. The van der Waals surface area contributed by atoms with Crippen molar-refractivity contribution < 1.29 is 14.1 Å². The molecular formula is C32H33N5O3. The highest BCUT2D eigenvalue weighted by atomic mass is 16.5. The van der Waals surface area contributed by atoms with Gasteiger partial charge >= 0.3 is 6.03 Å². The van der Waals surface area contributed by atoms with Gasteiger partial charge in [-0.25, -0.2) is 4.79 Å². The zero-order valence-electron chi connectivity index (χ0n) is 23.1. The SMILES string of the molecule is CN=C/C(=C\Cc1ccc(C(=O)Cc2ccc(NC(=O)Nc3cc(C(C)(C)C)on3)cc2)cc1)c1ccccn1. The third-order valence-electron chi connectivity index (χ3n) is 6.13. The molecule has 2 heterocycles. The largest absolute Gasteiger partial charge is 0.359 e. The molecule has 204 valence electrons.